The Kier molecular flexibility index (Phi) is 4.08. The smallest absolute Gasteiger partial charge is 0.160 e. The van der Waals surface area contributed by atoms with Crippen LogP contribution in [0.1, 0.15) is 37.7 Å². The van der Waals surface area contributed by atoms with Crippen molar-refractivity contribution in [3.05, 3.63) is 47.3 Å². The summed E-state index contributed by atoms with van der Waals surface area (Å²) in [6, 6.07) is 6.48. The molecule has 1 saturated carbocycles. The topological polar surface area (TPSA) is 17.1 Å². The first-order chi connectivity index (χ1) is 8.25. The lowest BCUT2D eigenvalue weighted by atomic mass is 9.93. The van der Waals surface area contributed by atoms with Crippen LogP contribution in [-0.4, -0.2) is 5.78 Å². The van der Waals surface area contributed by atoms with Crippen molar-refractivity contribution >= 4 is 5.78 Å². The number of benzene rings is 1. The van der Waals surface area contributed by atoms with Gasteiger partial charge in [0, 0.05) is 6.42 Å². The van der Waals surface area contributed by atoms with E-state index in [0.29, 0.717) is 5.56 Å². The molecule has 17 heavy (non-hydrogen) atoms. The lowest BCUT2D eigenvalue weighted by Gasteiger charge is -2.12. The van der Waals surface area contributed by atoms with Crippen LogP contribution < -0.4 is 0 Å². The van der Waals surface area contributed by atoms with Gasteiger partial charge in [0.05, 0.1) is 0 Å². The monoisotopic (exact) mass is 232 g/mol. The van der Waals surface area contributed by atoms with Crippen molar-refractivity contribution in [1.29, 1.82) is 0 Å². The maximum absolute atomic E-state index is 13.4. The van der Waals surface area contributed by atoms with E-state index >= 15 is 0 Å². The van der Waals surface area contributed by atoms with Gasteiger partial charge in [-0.2, -0.15) is 0 Å². The first-order valence-electron chi connectivity index (χ1n) is 6.21. The van der Waals surface area contributed by atoms with Gasteiger partial charge < -0.3 is 0 Å². The third-order valence-corrected chi connectivity index (χ3v) is 3.18. The molecule has 0 bridgehead atoms. The van der Waals surface area contributed by atoms with E-state index in [1.54, 1.807) is 24.3 Å². The molecule has 1 aliphatic carbocycles. The third kappa shape index (κ3) is 3.52. The number of carbonyl (C=O) groups excluding carboxylic acids is 1. The largest absolute Gasteiger partial charge is 0.294 e. The fraction of sp³-hybridized carbons (Fsp3) is 0.400. The molecule has 0 spiro atoms. The second-order valence-corrected chi connectivity index (χ2v) is 4.60. The number of allylic oxidation sites excluding steroid dienone is 2. The Hall–Kier alpha value is -1.44. The highest BCUT2D eigenvalue weighted by atomic mass is 19.1. The number of ketones is 1. The molecular formula is C15H17FO. The van der Waals surface area contributed by atoms with Crippen LogP contribution in [-0.2, 0) is 11.2 Å². The molecule has 2 rings (SSSR count). The molecule has 0 aromatic heterocycles. The molecule has 1 aromatic rings. The first kappa shape index (κ1) is 12.0. The van der Waals surface area contributed by atoms with E-state index in [1.165, 1.54) is 30.9 Å². The van der Waals surface area contributed by atoms with Gasteiger partial charge in [-0.1, -0.05) is 30.2 Å². The van der Waals surface area contributed by atoms with Crippen molar-refractivity contribution in [2.24, 2.45) is 0 Å². The standard InChI is InChI=1S/C15H17FO/c16-15-9-5-4-8-13(15)11-14(17)10-12-6-2-1-3-7-12/h4-5,8-10H,1-3,6-7,11H2. The van der Waals surface area contributed by atoms with E-state index in [1.807, 2.05) is 0 Å². The SMILES string of the molecule is O=C(C=C1CCCCC1)Cc1ccccc1F. The third-order valence-electron chi connectivity index (χ3n) is 3.18. The van der Waals surface area contributed by atoms with Gasteiger partial charge in [0.1, 0.15) is 5.82 Å². The summed E-state index contributed by atoms with van der Waals surface area (Å²) in [7, 11) is 0. The predicted octanol–water partition coefficient (Wildman–Crippen LogP) is 3.83. The van der Waals surface area contributed by atoms with Crippen LogP contribution in [0.4, 0.5) is 4.39 Å². The van der Waals surface area contributed by atoms with Gasteiger partial charge in [0.2, 0.25) is 0 Å². The number of halogens is 1. The van der Waals surface area contributed by atoms with Gasteiger partial charge in [-0.3, -0.25) is 4.79 Å². The average molecular weight is 232 g/mol. The van der Waals surface area contributed by atoms with Crippen LogP contribution in [0, 0.1) is 5.82 Å². The molecular weight excluding hydrogens is 215 g/mol. The quantitative estimate of drug-likeness (QED) is 0.724. The van der Waals surface area contributed by atoms with Crippen LogP contribution in [0.15, 0.2) is 35.9 Å². The van der Waals surface area contributed by atoms with Crippen LogP contribution in [0.2, 0.25) is 0 Å². The highest BCUT2D eigenvalue weighted by Gasteiger charge is 2.09. The molecule has 0 atom stereocenters. The van der Waals surface area contributed by atoms with E-state index in [-0.39, 0.29) is 18.0 Å². The zero-order valence-electron chi connectivity index (χ0n) is 9.92. The summed E-state index contributed by atoms with van der Waals surface area (Å²) in [5, 5.41) is 0. The lowest BCUT2D eigenvalue weighted by molar-refractivity contribution is -0.114. The van der Waals surface area contributed by atoms with Crippen molar-refractivity contribution in [3.8, 4) is 0 Å². The highest BCUT2D eigenvalue weighted by molar-refractivity contribution is 5.92. The second-order valence-electron chi connectivity index (χ2n) is 4.60. The molecule has 0 unspecified atom stereocenters. The summed E-state index contributed by atoms with van der Waals surface area (Å²) in [6.45, 7) is 0. The second kappa shape index (κ2) is 5.76. The molecule has 2 heteroatoms. The van der Waals surface area contributed by atoms with Crippen molar-refractivity contribution < 1.29 is 9.18 Å². The fourth-order valence-corrected chi connectivity index (χ4v) is 2.26. The molecule has 0 heterocycles. The minimum absolute atomic E-state index is 0.0204. The molecule has 0 aliphatic heterocycles. The van der Waals surface area contributed by atoms with E-state index in [0.717, 1.165) is 12.8 Å². The maximum atomic E-state index is 13.4. The van der Waals surface area contributed by atoms with Crippen LogP contribution in [0.25, 0.3) is 0 Å². The molecule has 0 saturated heterocycles. The molecule has 0 N–H and O–H groups in total. The molecule has 1 fully saturated rings. The summed E-state index contributed by atoms with van der Waals surface area (Å²) in [6.07, 6.45) is 7.59. The van der Waals surface area contributed by atoms with Gasteiger partial charge in [-0.25, -0.2) is 4.39 Å². The number of hydrogen-bond acceptors (Lipinski definition) is 1. The van der Waals surface area contributed by atoms with Gasteiger partial charge in [-0.15, -0.1) is 0 Å². The predicted molar refractivity (Wildman–Crippen MR) is 66.3 cm³/mol. The van der Waals surface area contributed by atoms with Gasteiger partial charge in [0.25, 0.3) is 0 Å². The van der Waals surface area contributed by atoms with E-state index in [4.69, 9.17) is 0 Å². The van der Waals surface area contributed by atoms with E-state index in [2.05, 4.69) is 0 Å². The summed E-state index contributed by atoms with van der Waals surface area (Å²) >= 11 is 0. The van der Waals surface area contributed by atoms with Gasteiger partial charge in [-0.05, 0) is 43.4 Å². The lowest BCUT2D eigenvalue weighted by Crippen LogP contribution is -2.04. The Morgan fingerprint density at radius 1 is 1.18 bits per heavy atom. The highest BCUT2D eigenvalue weighted by Crippen LogP contribution is 2.22. The molecule has 1 aromatic carbocycles. The molecule has 1 nitrogen and oxygen atoms in total. The minimum atomic E-state index is -0.289. The van der Waals surface area contributed by atoms with Crippen LogP contribution >= 0.6 is 0 Å². The first-order valence-corrected chi connectivity index (χ1v) is 6.21. The summed E-state index contributed by atoms with van der Waals surface area (Å²) in [5.41, 5.74) is 1.72. The van der Waals surface area contributed by atoms with Crippen molar-refractivity contribution in [3.63, 3.8) is 0 Å². The van der Waals surface area contributed by atoms with Gasteiger partial charge >= 0.3 is 0 Å². The molecule has 0 radical (unpaired) electrons. The molecule has 0 amide bonds. The summed E-state index contributed by atoms with van der Waals surface area (Å²) < 4.78 is 13.4. The average Bonchev–Trinajstić information content (AvgIpc) is 2.33. The minimum Gasteiger partial charge on any atom is -0.294 e. The molecule has 90 valence electrons. The number of hydrogen-bond donors (Lipinski definition) is 0. The van der Waals surface area contributed by atoms with Crippen molar-refractivity contribution in [1.82, 2.24) is 0 Å². The number of rotatable bonds is 3. The maximum Gasteiger partial charge on any atom is 0.160 e. The van der Waals surface area contributed by atoms with E-state index < -0.39 is 0 Å². The summed E-state index contributed by atoms with van der Waals surface area (Å²) in [5.74, 6) is -0.269. The Morgan fingerprint density at radius 3 is 2.59 bits per heavy atom. The van der Waals surface area contributed by atoms with Crippen LogP contribution in [0.3, 0.4) is 0 Å². The Bertz CT molecular complexity index is 426. The van der Waals surface area contributed by atoms with Crippen LogP contribution in [0.5, 0.6) is 0 Å². The van der Waals surface area contributed by atoms with E-state index in [9.17, 15) is 9.18 Å². The van der Waals surface area contributed by atoms with Gasteiger partial charge in [0.15, 0.2) is 5.78 Å². The zero-order chi connectivity index (χ0) is 12.1. The summed E-state index contributed by atoms with van der Waals surface area (Å²) in [4.78, 5) is 11.8. The Balaban J connectivity index is 1.99. The molecule has 1 aliphatic rings. The zero-order valence-corrected chi connectivity index (χ0v) is 9.92. The van der Waals surface area contributed by atoms with Crippen molar-refractivity contribution in [2.45, 2.75) is 38.5 Å². The fourth-order valence-electron chi connectivity index (χ4n) is 2.26. The van der Waals surface area contributed by atoms with Crippen molar-refractivity contribution in [2.75, 3.05) is 0 Å². The Morgan fingerprint density at radius 2 is 1.88 bits per heavy atom. The normalized spacial score (nSPS) is 15.7. The number of carbonyl (C=O) groups is 1. The Labute approximate surface area is 101 Å².